The summed E-state index contributed by atoms with van der Waals surface area (Å²) < 4.78 is 5.06. The molecule has 24 heavy (non-hydrogen) atoms. The molecule has 0 unspecified atom stereocenters. The molecule has 2 aromatic carbocycles. The molecular weight excluding hydrogens is 324 g/mol. The number of anilines is 2. The van der Waals surface area contributed by atoms with Gasteiger partial charge in [0.25, 0.3) is 5.91 Å². The Bertz CT molecular complexity index is 798. The van der Waals surface area contributed by atoms with Gasteiger partial charge < -0.3 is 15.1 Å². The molecular formula is C19H17ClN2O2. The molecule has 5 heteroatoms. The lowest BCUT2D eigenvalue weighted by molar-refractivity contribution is 0.0996. The summed E-state index contributed by atoms with van der Waals surface area (Å²) in [5.41, 5.74) is 2.90. The zero-order chi connectivity index (χ0) is 16.8. The molecule has 0 radical (unpaired) electrons. The number of carbonyl (C=O) groups is 1. The Morgan fingerprint density at radius 3 is 2.50 bits per heavy atom. The minimum absolute atomic E-state index is 0.262. The monoisotopic (exact) mass is 340 g/mol. The number of benzene rings is 2. The zero-order valence-electron chi connectivity index (χ0n) is 13.0. The largest absolute Gasteiger partial charge is 0.459 e. The topological polar surface area (TPSA) is 54.3 Å². The van der Waals surface area contributed by atoms with Crippen molar-refractivity contribution in [1.29, 1.82) is 0 Å². The molecule has 3 aromatic rings. The van der Waals surface area contributed by atoms with Gasteiger partial charge in [-0.3, -0.25) is 4.79 Å². The van der Waals surface area contributed by atoms with E-state index in [1.165, 1.54) is 11.8 Å². The van der Waals surface area contributed by atoms with E-state index >= 15 is 0 Å². The Labute approximate surface area is 145 Å². The molecule has 1 aromatic heterocycles. The van der Waals surface area contributed by atoms with E-state index in [1.54, 1.807) is 12.1 Å². The third-order valence-electron chi connectivity index (χ3n) is 3.52. The van der Waals surface area contributed by atoms with Crippen LogP contribution in [-0.2, 0) is 6.42 Å². The maximum Gasteiger partial charge on any atom is 0.291 e. The normalized spacial score (nSPS) is 10.4. The number of hydrogen-bond donors (Lipinski definition) is 2. The van der Waals surface area contributed by atoms with E-state index in [0.29, 0.717) is 5.76 Å². The van der Waals surface area contributed by atoms with Gasteiger partial charge in [-0.05, 0) is 60.5 Å². The van der Waals surface area contributed by atoms with Gasteiger partial charge in [0.1, 0.15) is 0 Å². The molecule has 0 bridgehead atoms. The van der Waals surface area contributed by atoms with Gasteiger partial charge in [-0.15, -0.1) is 0 Å². The molecule has 1 amide bonds. The van der Waals surface area contributed by atoms with Gasteiger partial charge in [0, 0.05) is 22.9 Å². The number of carbonyl (C=O) groups excluding carboxylic acids is 1. The quantitative estimate of drug-likeness (QED) is 0.675. The summed E-state index contributed by atoms with van der Waals surface area (Å²) in [6.07, 6.45) is 2.36. The van der Waals surface area contributed by atoms with Crippen LogP contribution in [0.3, 0.4) is 0 Å². The average Bonchev–Trinajstić information content (AvgIpc) is 3.11. The summed E-state index contributed by atoms with van der Waals surface area (Å²) in [4.78, 5) is 11.9. The SMILES string of the molecule is O=C(Nc1ccc(NCCc2cccc(Cl)c2)cc1)c1ccco1. The second-order valence-corrected chi connectivity index (χ2v) is 5.75. The van der Waals surface area contributed by atoms with E-state index in [4.69, 9.17) is 16.0 Å². The Kier molecular flexibility index (Phi) is 5.18. The maximum atomic E-state index is 11.9. The van der Waals surface area contributed by atoms with Gasteiger partial charge in [-0.1, -0.05) is 23.7 Å². The fourth-order valence-corrected chi connectivity index (χ4v) is 2.53. The zero-order valence-corrected chi connectivity index (χ0v) is 13.7. The van der Waals surface area contributed by atoms with E-state index < -0.39 is 0 Å². The molecule has 0 spiro atoms. The number of furan rings is 1. The van der Waals surface area contributed by atoms with Crippen molar-refractivity contribution >= 4 is 28.9 Å². The number of hydrogen-bond acceptors (Lipinski definition) is 3. The first-order chi connectivity index (χ1) is 11.7. The molecule has 0 atom stereocenters. The average molecular weight is 341 g/mol. The predicted octanol–water partition coefficient (Wildman–Crippen LogP) is 4.84. The van der Waals surface area contributed by atoms with Crippen LogP contribution in [0.4, 0.5) is 11.4 Å². The van der Waals surface area contributed by atoms with E-state index in [1.807, 2.05) is 42.5 Å². The van der Waals surface area contributed by atoms with E-state index in [-0.39, 0.29) is 5.91 Å². The first kappa shape index (κ1) is 16.1. The van der Waals surface area contributed by atoms with E-state index in [9.17, 15) is 4.79 Å². The molecule has 1 heterocycles. The summed E-state index contributed by atoms with van der Waals surface area (Å²) in [5, 5.41) is 6.88. The van der Waals surface area contributed by atoms with Gasteiger partial charge in [0.15, 0.2) is 5.76 Å². The number of amides is 1. The Morgan fingerprint density at radius 2 is 1.79 bits per heavy atom. The van der Waals surface area contributed by atoms with Crippen molar-refractivity contribution in [2.45, 2.75) is 6.42 Å². The van der Waals surface area contributed by atoms with Crippen molar-refractivity contribution in [3.8, 4) is 0 Å². The van der Waals surface area contributed by atoms with Crippen LogP contribution >= 0.6 is 11.6 Å². The Balaban J connectivity index is 1.50. The Morgan fingerprint density at radius 1 is 1.00 bits per heavy atom. The van der Waals surface area contributed by atoms with Crippen LogP contribution in [0.15, 0.2) is 71.3 Å². The fourth-order valence-electron chi connectivity index (χ4n) is 2.32. The lowest BCUT2D eigenvalue weighted by atomic mass is 10.1. The van der Waals surface area contributed by atoms with Crippen molar-refractivity contribution < 1.29 is 9.21 Å². The van der Waals surface area contributed by atoms with Crippen molar-refractivity contribution in [2.24, 2.45) is 0 Å². The highest BCUT2D eigenvalue weighted by Crippen LogP contribution is 2.16. The number of halogens is 1. The van der Waals surface area contributed by atoms with Gasteiger partial charge >= 0.3 is 0 Å². The molecule has 0 aliphatic heterocycles. The summed E-state index contributed by atoms with van der Waals surface area (Å²) >= 11 is 5.98. The smallest absolute Gasteiger partial charge is 0.291 e. The van der Waals surface area contributed by atoms with Crippen LogP contribution in [-0.4, -0.2) is 12.5 Å². The van der Waals surface area contributed by atoms with Crippen LogP contribution in [0.2, 0.25) is 5.02 Å². The fraction of sp³-hybridized carbons (Fsp3) is 0.105. The van der Waals surface area contributed by atoms with Crippen molar-refractivity contribution in [2.75, 3.05) is 17.2 Å². The molecule has 0 saturated carbocycles. The highest BCUT2D eigenvalue weighted by Gasteiger charge is 2.08. The number of rotatable bonds is 6. The number of nitrogens with one attached hydrogen (secondary N) is 2. The van der Waals surface area contributed by atoms with Crippen molar-refractivity contribution in [1.82, 2.24) is 0 Å². The van der Waals surface area contributed by atoms with E-state index in [0.717, 1.165) is 29.4 Å². The first-order valence-corrected chi connectivity index (χ1v) is 8.02. The molecule has 0 saturated heterocycles. The summed E-state index contributed by atoms with van der Waals surface area (Å²) in [7, 11) is 0. The maximum absolute atomic E-state index is 11.9. The van der Waals surface area contributed by atoms with Crippen LogP contribution < -0.4 is 10.6 Å². The van der Waals surface area contributed by atoms with Crippen LogP contribution in [0.25, 0.3) is 0 Å². The summed E-state index contributed by atoms with van der Waals surface area (Å²) in [5.74, 6) is 0.0281. The lowest BCUT2D eigenvalue weighted by Gasteiger charge is -2.08. The molecule has 2 N–H and O–H groups in total. The van der Waals surface area contributed by atoms with Gasteiger partial charge in [0.2, 0.25) is 0 Å². The van der Waals surface area contributed by atoms with E-state index in [2.05, 4.69) is 16.7 Å². The minimum atomic E-state index is -0.262. The minimum Gasteiger partial charge on any atom is -0.459 e. The highest BCUT2D eigenvalue weighted by atomic mass is 35.5. The Hall–Kier alpha value is -2.72. The molecule has 0 aliphatic rings. The third-order valence-corrected chi connectivity index (χ3v) is 3.75. The van der Waals surface area contributed by atoms with Gasteiger partial charge in [0.05, 0.1) is 6.26 Å². The van der Waals surface area contributed by atoms with Crippen molar-refractivity contribution in [3.63, 3.8) is 0 Å². The van der Waals surface area contributed by atoms with Crippen LogP contribution in [0.1, 0.15) is 16.1 Å². The standard InChI is InChI=1S/C19H17ClN2O2/c20-15-4-1-3-14(13-15)10-11-21-16-6-8-17(9-7-16)22-19(23)18-5-2-12-24-18/h1-9,12-13,21H,10-11H2,(H,22,23). The third kappa shape index (κ3) is 4.40. The molecule has 3 rings (SSSR count). The van der Waals surface area contributed by atoms with Gasteiger partial charge in [-0.2, -0.15) is 0 Å². The second kappa shape index (κ2) is 7.70. The van der Waals surface area contributed by atoms with Gasteiger partial charge in [-0.25, -0.2) is 0 Å². The molecule has 122 valence electrons. The summed E-state index contributed by atoms with van der Waals surface area (Å²) in [6, 6.07) is 18.7. The molecule has 4 nitrogen and oxygen atoms in total. The van der Waals surface area contributed by atoms with Crippen LogP contribution in [0.5, 0.6) is 0 Å². The predicted molar refractivity (Wildman–Crippen MR) is 96.7 cm³/mol. The molecule has 0 fully saturated rings. The van der Waals surface area contributed by atoms with Crippen LogP contribution in [0, 0.1) is 0 Å². The first-order valence-electron chi connectivity index (χ1n) is 7.64. The molecule has 0 aliphatic carbocycles. The van der Waals surface area contributed by atoms with Crippen molar-refractivity contribution in [3.05, 3.63) is 83.3 Å². The summed E-state index contributed by atoms with van der Waals surface area (Å²) in [6.45, 7) is 0.804. The lowest BCUT2D eigenvalue weighted by Crippen LogP contribution is -2.11. The second-order valence-electron chi connectivity index (χ2n) is 5.32. The highest BCUT2D eigenvalue weighted by molar-refractivity contribution is 6.30.